The zero-order valence-electron chi connectivity index (χ0n) is 11.1. The van der Waals surface area contributed by atoms with E-state index in [0.29, 0.717) is 11.1 Å². The summed E-state index contributed by atoms with van der Waals surface area (Å²) in [5.74, 6) is 2.31. The quantitative estimate of drug-likeness (QED) is 0.513. The normalized spacial score (nSPS) is 11.7. The number of carbonyl (C=O) groups excluding carboxylic acids is 1. The largest absolute Gasteiger partial charge is 0.338 e. The Morgan fingerprint density at radius 2 is 2.11 bits per heavy atom. The standard InChI is InChI=1S/C14H16N2O3/c1-5-13(9(2)3)15-14(17)12-7-6-11(16(18)19)8-10(12)4/h1,6-9,13H,2-4H3,(H,15,17). The summed E-state index contributed by atoms with van der Waals surface area (Å²) < 4.78 is 0. The van der Waals surface area contributed by atoms with Gasteiger partial charge in [0.1, 0.15) is 0 Å². The maximum atomic E-state index is 12.0. The zero-order valence-corrected chi connectivity index (χ0v) is 11.1. The third kappa shape index (κ3) is 3.55. The summed E-state index contributed by atoms with van der Waals surface area (Å²) in [6.07, 6.45) is 5.35. The van der Waals surface area contributed by atoms with Crippen LogP contribution in [0.1, 0.15) is 29.8 Å². The molecule has 1 aromatic rings. The highest BCUT2D eigenvalue weighted by Crippen LogP contribution is 2.17. The third-order valence-corrected chi connectivity index (χ3v) is 2.80. The van der Waals surface area contributed by atoms with Crippen LogP contribution < -0.4 is 5.32 Å². The van der Waals surface area contributed by atoms with E-state index in [2.05, 4.69) is 11.2 Å². The number of nitro benzene ring substituents is 1. The first-order valence-electron chi connectivity index (χ1n) is 5.88. The monoisotopic (exact) mass is 260 g/mol. The summed E-state index contributed by atoms with van der Waals surface area (Å²) in [6.45, 7) is 5.48. The molecule has 0 radical (unpaired) electrons. The second kappa shape index (κ2) is 6.01. The number of nitro groups is 1. The van der Waals surface area contributed by atoms with E-state index in [1.807, 2.05) is 13.8 Å². The van der Waals surface area contributed by atoms with Gasteiger partial charge in [-0.25, -0.2) is 0 Å². The number of terminal acetylenes is 1. The number of hydrogen-bond acceptors (Lipinski definition) is 3. The molecule has 1 N–H and O–H groups in total. The third-order valence-electron chi connectivity index (χ3n) is 2.80. The van der Waals surface area contributed by atoms with Crippen LogP contribution in [0, 0.1) is 35.3 Å². The minimum absolute atomic E-state index is 0.0357. The fraction of sp³-hybridized carbons (Fsp3) is 0.357. The Balaban J connectivity index is 2.95. The lowest BCUT2D eigenvalue weighted by Gasteiger charge is -2.17. The molecule has 1 unspecified atom stereocenters. The number of carbonyl (C=O) groups is 1. The summed E-state index contributed by atoms with van der Waals surface area (Å²) in [5.41, 5.74) is 0.907. The van der Waals surface area contributed by atoms with Gasteiger partial charge in [0.05, 0.1) is 11.0 Å². The van der Waals surface area contributed by atoms with Crippen molar-refractivity contribution in [2.75, 3.05) is 0 Å². The number of non-ortho nitro benzene ring substituents is 1. The Bertz CT molecular complexity index is 544. The number of benzene rings is 1. The lowest BCUT2D eigenvalue weighted by Crippen LogP contribution is -2.37. The molecular weight excluding hydrogens is 244 g/mol. The van der Waals surface area contributed by atoms with Gasteiger partial charge in [0.25, 0.3) is 11.6 Å². The second-order valence-electron chi connectivity index (χ2n) is 4.62. The molecule has 1 rings (SSSR count). The highest BCUT2D eigenvalue weighted by atomic mass is 16.6. The molecule has 1 aromatic carbocycles. The van der Waals surface area contributed by atoms with Gasteiger partial charge in [0, 0.05) is 17.7 Å². The van der Waals surface area contributed by atoms with Gasteiger partial charge in [-0.2, -0.15) is 0 Å². The number of rotatable bonds is 4. The molecule has 0 fully saturated rings. The molecule has 0 heterocycles. The summed E-state index contributed by atoms with van der Waals surface area (Å²) in [6, 6.07) is 3.76. The molecular formula is C14H16N2O3. The number of hydrogen-bond donors (Lipinski definition) is 1. The van der Waals surface area contributed by atoms with Crippen LogP contribution in [0.15, 0.2) is 18.2 Å². The average molecular weight is 260 g/mol. The first-order chi connectivity index (χ1) is 8.86. The van der Waals surface area contributed by atoms with E-state index in [9.17, 15) is 14.9 Å². The maximum absolute atomic E-state index is 12.0. The van der Waals surface area contributed by atoms with Crippen molar-refractivity contribution in [3.05, 3.63) is 39.4 Å². The number of nitrogens with zero attached hydrogens (tertiary/aromatic N) is 1. The Hall–Kier alpha value is -2.35. The van der Waals surface area contributed by atoms with Crippen molar-refractivity contribution < 1.29 is 9.72 Å². The maximum Gasteiger partial charge on any atom is 0.269 e. The SMILES string of the molecule is C#CC(NC(=O)c1ccc([N+](=O)[O-])cc1C)C(C)C. The molecule has 0 saturated carbocycles. The second-order valence-corrected chi connectivity index (χ2v) is 4.62. The molecule has 0 aliphatic carbocycles. The van der Waals surface area contributed by atoms with Crippen molar-refractivity contribution in [3.63, 3.8) is 0 Å². The van der Waals surface area contributed by atoms with Crippen LogP contribution in [-0.4, -0.2) is 16.9 Å². The van der Waals surface area contributed by atoms with Crippen molar-refractivity contribution >= 4 is 11.6 Å². The van der Waals surface area contributed by atoms with Crippen molar-refractivity contribution in [2.24, 2.45) is 5.92 Å². The Morgan fingerprint density at radius 3 is 2.53 bits per heavy atom. The van der Waals surface area contributed by atoms with Crippen LogP contribution >= 0.6 is 0 Å². The highest BCUT2D eigenvalue weighted by molar-refractivity contribution is 5.96. The predicted molar refractivity (Wildman–Crippen MR) is 72.8 cm³/mol. The van der Waals surface area contributed by atoms with Crippen LogP contribution in [0.2, 0.25) is 0 Å². The molecule has 5 heteroatoms. The van der Waals surface area contributed by atoms with Crippen LogP contribution in [-0.2, 0) is 0 Å². The van der Waals surface area contributed by atoms with Crippen molar-refractivity contribution in [1.82, 2.24) is 5.32 Å². The summed E-state index contributed by atoms with van der Waals surface area (Å²) in [5, 5.41) is 13.4. The van der Waals surface area contributed by atoms with E-state index in [0.717, 1.165) is 0 Å². The molecule has 0 saturated heterocycles. The summed E-state index contributed by atoms with van der Waals surface area (Å²) in [7, 11) is 0. The van der Waals surface area contributed by atoms with Gasteiger partial charge < -0.3 is 5.32 Å². The lowest BCUT2D eigenvalue weighted by atomic mass is 10.0. The molecule has 0 aliphatic heterocycles. The molecule has 19 heavy (non-hydrogen) atoms. The fourth-order valence-electron chi connectivity index (χ4n) is 1.64. The topological polar surface area (TPSA) is 72.2 Å². The van der Waals surface area contributed by atoms with Gasteiger partial charge in [-0.3, -0.25) is 14.9 Å². The minimum atomic E-state index is -0.493. The predicted octanol–water partition coefficient (Wildman–Crippen LogP) is 2.29. The van der Waals surface area contributed by atoms with Crippen molar-refractivity contribution in [2.45, 2.75) is 26.8 Å². The molecule has 5 nitrogen and oxygen atoms in total. The number of aryl methyl sites for hydroxylation is 1. The highest BCUT2D eigenvalue weighted by Gasteiger charge is 2.17. The average Bonchev–Trinajstić information content (AvgIpc) is 2.34. The van der Waals surface area contributed by atoms with Gasteiger partial charge in [-0.05, 0) is 24.5 Å². The van der Waals surface area contributed by atoms with E-state index in [-0.39, 0.29) is 23.6 Å². The van der Waals surface area contributed by atoms with Crippen molar-refractivity contribution in [1.29, 1.82) is 0 Å². The molecule has 1 amide bonds. The molecule has 0 aliphatic rings. The van der Waals surface area contributed by atoms with Gasteiger partial charge in [-0.15, -0.1) is 6.42 Å². The molecule has 0 aromatic heterocycles. The lowest BCUT2D eigenvalue weighted by molar-refractivity contribution is -0.384. The smallest absolute Gasteiger partial charge is 0.269 e. The van der Waals surface area contributed by atoms with Gasteiger partial charge in [0.2, 0.25) is 0 Å². The zero-order chi connectivity index (χ0) is 14.6. The minimum Gasteiger partial charge on any atom is -0.338 e. The summed E-state index contributed by atoms with van der Waals surface area (Å²) in [4.78, 5) is 22.2. The van der Waals surface area contributed by atoms with Gasteiger partial charge >= 0.3 is 0 Å². The van der Waals surface area contributed by atoms with E-state index >= 15 is 0 Å². The molecule has 1 atom stereocenters. The Kier molecular flexibility index (Phi) is 4.65. The van der Waals surface area contributed by atoms with E-state index in [1.165, 1.54) is 18.2 Å². The van der Waals surface area contributed by atoms with Crippen LogP contribution in [0.25, 0.3) is 0 Å². The Labute approximate surface area is 112 Å². The first-order valence-corrected chi connectivity index (χ1v) is 5.88. The molecule has 0 spiro atoms. The molecule has 100 valence electrons. The fourth-order valence-corrected chi connectivity index (χ4v) is 1.64. The van der Waals surface area contributed by atoms with Gasteiger partial charge in [-0.1, -0.05) is 19.8 Å². The first kappa shape index (κ1) is 14.7. The van der Waals surface area contributed by atoms with Crippen molar-refractivity contribution in [3.8, 4) is 12.3 Å². The van der Waals surface area contributed by atoms with Gasteiger partial charge in [0.15, 0.2) is 0 Å². The number of amides is 1. The van der Waals surface area contributed by atoms with E-state index in [4.69, 9.17) is 6.42 Å². The number of nitrogens with one attached hydrogen (secondary N) is 1. The van der Waals surface area contributed by atoms with Crippen LogP contribution in [0.3, 0.4) is 0 Å². The molecule has 0 bridgehead atoms. The Morgan fingerprint density at radius 1 is 1.47 bits per heavy atom. The van der Waals surface area contributed by atoms with E-state index in [1.54, 1.807) is 6.92 Å². The summed E-state index contributed by atoms with van der Waals surface area (Å²) >= 11 is 0. The van der Waals surface area contributed by atoms with Crippen LogP contribution in [0.4, 0.5) is 5.69 Å². The van der Waals surface area contributed by atoms with Crippen LogP contribution in [0.5, 0.6) is 0 Å². The van der Waals surface area contributed by atoms with E-state index < -0.39 is 4.92 Å².